The normalized spacial score (nSPS) is 12.3. The Morgan fingerprint density at radius 1 is 0.738 bits per heavy atom. The van der Waals surface area contributed by atoms with Crippen molar-refractivity contribution in [3.05, 3.63) is 138 Å². The number of rotatable bonds is 11. The standard InChI is InChI=1S/C36H31NO5/c1-2-3-24-40-32-20-14-30(15-21-32)36(39)41-33-18-8-26(9-19-33)25-37-31-16-22-34(23-17-31)42-35(38)29-12-10-28(11-13-29)27-6-4-5-7-27/h4-6,8-23,25H,2-3,7,24H2,1H3. The number of carbonyl (C=O) groups excluding carboxylic acids is 2. The number of hydrogen-bond donors (Lipinski definition) is 0. The van der Waals surface area contributed by atoms with Gasteiger partial charge in [0.25, 0.3) is 0 Å². The number of aliphatic imine (C=N–C) groups is 1. The molecule has 4 aromatic carbocycles. The smallest absolute Gasteiger partial charge is 0.343 e. The van der Waals surface area contributed by atoms with E-state index < -0.39 is 11.9 Å². The van der Waals surface area contributed by atoms with Gasteiger partial charge in [-0.15, -0.1) is 0 Å². The number of benzene rings is 4. The first kappa shape index (κ1) is 28.3. The number of nitrogens with zero attached hydrogens (tertiary/aromatic N) is 1. The Kier molecular flexibility index (Phi) is 9.37. The van der Waals surface area contributed by atoms with Crippen molar-refractivity contribution >= 4 is 29.4 Å². The van der Waals surface area contributed by atoms with E-state index in [0.717, 1.165) is 36.1 Å². The van der Waals surface area contributed by atoms with Gasteiger partial charge >= 0.3 is 11.9 Å². The number of unbranched alkanes of at least 4 members (excludes halogenated alkanes) is 1. The van der Waals surface area contributed by atoms with Crippen molar-refractivity contribution in [3.8, 4) is 17.2 Å². The molecule has 0 N–H and O–H groups in total. The van der Waals surface area contributed by atoms with Gasteiger partial charge in [-0.1, -0.05) is 43.7 Å². The van der Waals surface area contributed by atoms with Crippen molar-refractivity contribution in [1.82, 2.24) is 0 Å². The van der Waals surface area contributed by atoms with Crippen molar-refractivity contribution < 1.29 is 23.8 Å². The summed E-state index contributed by atoms with van der Waals surface area (Å²) >= 11 is 0. The summed E-state index contributed by atoms with van der Waals surface area (Å²) in [6, 6.07) is 28.4. The molecule has 0 amide bonds. The van der Waals surface area contributed by atoms with E-state index in [9.17, 15) is 9.59 Å². The third kappa shape index (κ3) is 7.70. The van der Waals surface area contributed by atoms with Crippen LogP contribution in [-0.4, -0.2) is 24.8 Å². The number of carbonyl (C=O) groups is 2. The van der Waals surface area contributed by atoms with Crippen LogP contribution in [0.5, 0.6) is 17.2 Å². The van der Waals surface area contributed by atoms with Crippen LogP contribution < -0.4 is 14.2 Å². The minimum Gasteiger partial charge on any atom is -0.494 e. The van der Waals surface area contributed by atoms with Crippen LogP contribution in [0.1, 0.15) is 58.0 Å². The quantitative estimate of drug-likeness (QED) is 0.0801. The molecule has 6 nitrogen and oxygen atoms in total. The van der Waals surface area contributed by atoms with Gasteiger partial charge in [-0.05, 0) is 114 Å². The lowest BCUT2D eigenvalue weighted by atomic mass is 10.0. The molecule has 0 aromatic heterocycles. The first-order valence-electron chi connectivity index (χ1n) is 13.9. The molecule has 0 spiro atoms. The Labute approximate surface area is 245 Å². The first-order chi connectivity index (χ1) is 20.6. The highest BCUT2D eigenvalue weighted by Gasteiger charge is 2.11. The van der Waals surface area contributed by atoms with Gasteiger partial charge in [0.1, 0.15) is 17.2 Å². The Hall–Kier alpha value is -5.23. The maximum absolute atomic E-state index is 12.6. The minimum absolute atomic E-state index is 0.412. The van der Waals surface area contributed by atoms with Crippen molar-refractivity contribution in [3.63, 3.8) is 0 Å². The van der Waals surface area contributed by atoms with Crippen LogP contribution >= 0.6 is 0 Å². The largest absolute Gasteiger partial charge is 0.494 e. The van der Waals surface area contributed by atoms with Crippen LogP contribution in [0.4, 0.5) is 5.69 Å². The van der Waals surface area contributed by atoms with Crippen molar-refractivity contribution in [2.24, 2.45) is 4.99 Å². The maximum Gasteiger partial charge on any atom is 0.343 e. The Bertz CT molecular complexity index is 1600. The molecule has 1 aliphatic carbocycles. The van der Waals surface area contributed by atoms with Gasteiger partial charge in [-0.25, -0.2) is 9.59 Å². The number of ether oxygens (including phenoxy) is 3. The molecule has 0 atom stereocenters. The summed E-state index contributed by atoms with van der Waals surface area (Å²) in [7, 11) is 0. The van der Waals surface area contributed by atoms with Crippen LogP contribution in [0.25, 0.3) is 5.57 Å². The molecule has 4 aromatic rings. The molecule has 0 heterocycles. The molecule has 0 radical (unpaired) electrons. The predicted molar refractivity (Wildman–Crippen MR) is 165 cm³/mol. The van der Waals surface area contributed by atoms with E-state index in [1.54, 1.807) is 79.0 Å². The zero-order valence-electron chi connectivity index (χ0n) is 23.4. The van der Waals surface area contributed by atoms with Crippen LogP contribution in [0, 0.1) is 0 Å². The van der Waals surface area contributed by atoms with Crippen LogP contribution in [0.3, 0.4) is 0 Å². The van der Waals surface area contributed by atoms with Crippen molar-refractivity contribution in [2.45, 2.75) is 26.2 Å². The van der Waals surface area contributed by atoms with E-state index in [2.05, 4.69) is 24.1 Å². The summed E-state index contributed by atoms with van der Waals surface area (Å²) in [5.41, 5.74) is 4.82. The second kappa shape index (κ2) is 13.9. The summed E-state index contributed by atoms with van der Waals surface area (Å²) < 4.78 is 16.6. The molecule has 0 unspecified atom stereocenters. The minimum atomic E-state index is -0.436. The van der Waals surface area contributed by atoms with Gasteiger partial charge in [-0.3, -0.25) is 4.99 Å². The number of esters is 2. The molecule has 0 bridgehead atoms. The fraction of sp³-hybridized carbons (Fsp3) is 0.139. The van der Waals surface area contributed by atoms with Gasteiger partial charge < -0.3 is 14.2 Å². The van der Waals surface area contributed by atoms with Crippen LogP contribution in [-0.2, 0) is 0 Å². The molecule has 6 heteroatoms. The van der Waals surface area contributed by atoms with Gasteiger partial charge in [0.15, 0.2) is 0 Å². The maximum atomic E-state index is 12.6. The van der Waals surface area contributed by atoms with E-state index >= 15 is 0 Å². The number of allylic oxidation sites excluding steroid dienone is 4. The molecule has 0 saturated heterocycles. The molecular weight excluding hydrogens is 526 g/mol. The van der Waals surface area contributed by atoms with Crippen molar-refractivity contribution in [2.75, 3.05) is 6.61 Å². The van der Waals surface area contributed by atoms with Gasteiger partial charge in [0.05, 0.1) is 23.4 Å². The average Bonchev–Trinajstić information content (AvgIpc) is 3.57. The highest BCUT2D eigenvalue weighted by atomic mass is 16.5. The summed E-state index contributed by atoms with van der Waals surface area (Å²) in [6.45, 7) is 2.76. The third-order valence-electron chi connectivity index (χ3n) is 6.62. The summed E-state index contributed by atoms with van der Waals surface area (Å²) in [5, 5.41) is 0. The van der Waals surface area contributed by atoms with E-state index in [-0.39, 0.29) is 0 Å². The van der Waals surface area contributed by atoms with E-state index in [0.29, 0.717) is 34.9 Å². The lowest BCUT2D eigenvalue weighted by Gasteiger charge is -2.07. The Morgan fingerprint density at radius 3 is 1.88 bits per heavy atom. The second-order valence-electron chi connectivity index (χ2n) is 9.73. The lowest BCUT2D eigenvalue weighted by Crippen LogP contribution is -2.08. The first-order valence-corrected chi connectivity index (χ1v) is 13.9. The van der Waals surface area contributed by atoms with E-state index in [1.807, 2.05) is 30.3 Å². The lowest BCUT2D eigenvalue weighted by molar-refractivity contribution is 0.0725. The van der Waals surface area contributed by atoms with E-state index in [1.165, 1.54) is 5.57 Å². The average molecular weight is 558 g/mol. The molecule has 0 aliphatic heterocycles. The molecule has 0 fully saturated rings. The molecule has 0 saturated carbocycles. The van der Waals surface area contributed by atoms with Gasteiger partial charge in [-0.2, -0.15) is 0 Å². The predicted octanol–water partition coefficient (Wildman–Crippen LogP) is 8.40. The molecule has 5 rings (SSSR count). The fourth-order valence-corrected chi connectivity index (χ4v) is 4.21. The topological polar surface area (TPSA) is 74.2 Å². The fourth-order valence-electron chi connectivity index (χ4n) is 4.21. The summed E-state index contributed by atoms with van der Waals surface area (Å²) in [6.07, 6.45) is 10.9. The molecule has 42 heavy (non-hydrogen) atoms. The summed E-state index contributed by atoms with van der Waals surface area (Å²) in [5.74, 6) is 0.763. The zero-order valence-corrected chi connectivity index (χ0v) is 23.4. The highest BCUT2D eigenvalue weighted by Crippen LogP contribution is 2.24. The van der Waals surface area contributed by atoms with Gasteiger partial charge in [0.2, 0.25) is 0 Å². The Morgan fingerprint density at radius 2 is 1.31 bits per heavy atom. The third-order valence-corrected chi connectivity index (χ3v) is 6.62. The molecule has 1 aliphatic rings. The Balaban J connectivity index is 1.11. The highest BCUT2D eigenvalue weighted by molar-refractivity contribution is 5.92. The number of hydrogen-bond acceptors (Lipinski definition) is 6. The second-order valence-corrected chi connectivity index (χ2v) is 9.73. The monoisotopic (exact) mass is 557 g/mol. The SMILES string of the molecule is CCCCOc1ccc(C(=O)Oc2ccc(C=Nc3ccc(OC(=O)c4ccc(C5=CC=CC5)cc4)cc3)cc2)cc1. The van der Waals surface area contributed by atoms with E-state index in [4.69, 9.17) is 14.2 Å². The van der Waals surface area contributed by atoms with Crippen LogP contribution in [0.15, 0.2) is 120 Å². The molecular formula is C36H31NO5. The van der Waals surface area contributed by atoms with Crippen LogP contribution in [0.2, 0.25) is 0 Å². The van der Waals surface area contributed by atoms with Gasteiger partial charge in [0, 0.05) is 6.21 Å². The summed E-state index contributed by atoms with van der Waals surface area (Å²) in [4.78, 5) is 29.5. The van der Waals surface area contributed by atoms with Crippen molar-refractivity contribution in [1.29, 1.82) is 0 Å². The molecule has 210 valence electrons. The zero-order chi connectivity index (χ0) is 29.1.